The SMILES string of the molecule is O=C(Nc1ccc(N2CCCC2)nc1)C1CC1c1ccccc1Cl. The number of aromatic nitrogens is 1. The van der Waals surface area contributed by atoms with E-state index in [1.807, 2.05) is 36.4 Å². The molecule has 24 heavy (non-hydrogen) atoms. The van der Waals surface area contributed by atoms with Crippen LogP contribution in [0.4, 0.5) is 11.5 Å². The van der Waals surface area contributed by atoms with Crippen LogP contribution in [0.5, 0.6) is 0 Å². The lowest BCUT2D eigenvalue weighted by Crippen LogP contribution is -2.19. The highest BCUT2D eigenvalue weighted by Crippen LogP contribution is 2.49. The number of carbonyl (C=O) groups is 1. The first kappa shape index (κ1) is 15.5. The van der Waals surface area contributed by atoms with Gasteiger partial charge in [0.25, 0.3) is 0 Å². The monoisotopic (exact) mass is 341 g/mol. The maximum absolute atomic E-state index is 12.4. The lowest BCUT2D eigenvalue weighted by Gasteiger charge is -2.16. The standard InChI is InChI=1S/C19H20ClN3O/c20-17-6-2-1-5-14(17)15-11-16(15)19(24)22-13-7-8-18(21-12-13)23-9-3-4-10-23/h1-2,5-8,12,15-16H,3-4,9-11H2,(H,22,24). The summed E-state index contributed by atoms with van der Waals surface area (Å²) in [4.78, 5) is 19.2. The molecule has 2 aromatic rings. The fourth-order valence-electron chi connectivity index (χ4n) is 3.43. The van der Waals surface area contributed by atoms with Crippen LogP contribution in [0.25, 0.3) is 0 Å². The minimum Gasteiger partial charge on any atom is -0.357 e. The number of hydrogen-bond acceptors (Lipinski definition) is 3. The highest BCUT2D eigenvalue weighted by molar-refractivity contribution is 6.31. The molecular weight excluding hydrogens is 322 g/mol. The fourth-order valence-corrected chi connectivity index (χ4v) is 3.71. The second-order valence-electron chi connectivity index (χ2n) is 6.56. The molecule has 1 amide bonds. The average Bonchev–Trinajstić information content (AvgIpc) is 3.20. The van der Waals surface area contributed by atoms with Crippen LogP contribution >= 0.6 is 11.6 Å². The van der Waals surface area contributed by atoms with Gasteiger partial charge in [-0.2, -0.15) is 0 Å². The molecule has 1 aromatic carbocycles. The van der Waals surface area contributed by atoms with E-state index in [4.69, 9.17) is 11.6 Å². The number of amides is 1. The van der Waals surface area contributed by atoms with E-state index in [9.17, 15) is 4.79 Å². The van der Waals surface area contributed by atoms with Crippen molar-refractivity contribution in [1.29, 1.82) is 0 Å². The van der Waals surface area contributed by atoms with E-state index < -0.39 is 0 Å². The Labute approximate surface area is 146 Å². The third kappa shape index (κ3) is 3.11. The topological polar surface area (TPSA) is 45.2 Å². The Kier molecular flexibility index (Phi) is 4.15. The van der Waals surface area contributed by atoms with E-state index in [-0.39, 0.29) is 17.7 Å². The molecule has 1 aliphatic carbocycles. The minimum atomic E-state index is 0.00292. The van der Waals surface area contributed by atoms with E-state index in [0.717, 1.165) is 41.6 Å². The van der Waals surface area contributed by atoms with Gasteiger partial charge in [-0.15, -0.1) is 0 Å². The van der Waals surface area contributed by atoms with Crippen molar-refractivity contribution < 1.29 is 4.79 Å². The van der Waals surface area contributed by atoms with Crippen molar-refractivity contribution in [2.75, 3.05) is 23.3 Å². The highest BCUT2D eigenvalue weighted by atomic mass is 35.5. The van der Waals surface area contributed by atoms with Crippen molar-refractivity contribution in [2.24, 2.45) is 5.92 Å². The summed E-state index contributed by atoms with van der Waals surface area (Å²) in [5.74, 6) is 1.28. The Morgan fingerprint density at radius 2 is 1.96 bits per heavy atom. The Balaban J connectivity index is 1.37. The van der Waals surface area contributed by atoms with E-state index in [2.05, 4.69) is 15.2 Å². The molecule has 5 heteroatoms. The fraction of sp³-hybridized carbons (Fsp3) is 0.368. The number of benzene rings is 1. The zero-order valence-corrected chi connectivity index (χ0v) is 14.2. The van der Waals surface area contributed by atoms with E-state index in [1.165, 1.54) is 12.8 Å². The predicted molar refractivity (Wildman–Crippen MR) is 96.6 cm³/mol. The molecule has 0 bridgehead atoms. The van der Waals surface area contributed by atoms with Crippen LogP contribution in [0, 0.1) is 5.92 Å². The average molecular weight is 342 g/mol. The second-order valence-corrected chi connectivity index (χ2v) is 6.97. The molecule has 2 heterocycles. The molecule has 0 spiro atoms. The van der Waals surface area contributed by atoms with Crippen LogP contribution < -0.4 is 10.2 Å². The lowest BCUT2D eigenvalue weighted by molar-refractivity contribution is -0.117. The number of carbonyl (C=O) groups excluding carboxylic acids is 1. The van der Waals surface area contributed by atoms with Crippen LogP contribution in [0.1, 0.15) is 30.7 Å². The van der Waals surface area contributed by atoms with Gasteiger partial charge in [-0.05, 0) is 48.9 Å². The third-order valence-electron chi connectivity index (χ3n) is 4.88. The Morgan fingerprint density at radius 3 is 2.67 bits per heavy atom. The molecule has 124 valence electrons. The summed E-state index contributed by atoms with van der Waals surface area (Å²) in [6.45, 7) is 2.14. The smallest absolute Gasteiger partial charge is 0.228 e. The van der Waals surface area contributed by atoms with E-state index >= 15 is 0 Å². The van der Waals surface area contributed by atoms with Gasteiger partial charge < -0.3 is 10.2 Å². The van der Waals surface area contributed by atoms with Crippen molar-refractivity contribution in [3.8, 4) is 0 Å². The van der Waals surface area contributed by atoms with Crippen molar-refractivity contribution >= 4 is 29.0 Å². The van der Waals surface area contributed by atoms with Crippen molar-refractivity contribution in [1.82, 2.24) is 4.98 Å². The number of hydrogen-bond donors (Lipinski definition) is 1. The number of nitrogens with one attached hydrogen (secondary N) is 1. The normalized spacial score (nSPS) is 22.5. The summed E-state index contributed by atoms with van der Waals surface area (Å²) in [5.41, 5.74) is 1.83. The highest BCUT2D eigenvalue weighted by Gasteiger charge is 2.44. The number of halogens is 1. The first-order chi connectivity index (χ1) is 11.7. The Morgan fingerprint density at radius 1 is 1.17 bits per heavy atom. The summed E-state index contributed by atoms with van der Waals surface area (Å²) in [5, 5.41) is 3.72. The predicted octanol–water partition coefficient (Wildman–Crippen LogP) is 4.08. The molecule has 1 N–H and O–H groups in total. The molecule has 0 radical (unpaired) electrons. The molecule has 2 atom stereocenters. The van der Waals surface area contributed by atoms with Crippen LogP contribution in [0.15, 0.2) is 42.6 Å². The number of anilines is 2. The number of rotatable bonds is 4. The molecule has 4 rings (SSSR count). The van der Waals surface area contributed by atoms with E-state index in [1.54, 1.807) is 6.20 Å². The molecule has 1 saturated carbocycles. The lowest BCUT2D eigenvalue weighted by atomic mass is 10.1. The van der Waals surface area contributed by atoms with Crippen LogP contribution in [-0.4, -0.2) is 24.0 Å². The van der Waals surface area contributed by atoms with Gasteiger partial charge in [-0.25, -0.2) is 4.98 Å². The largest absolute Gasteiger partial charge is 0.357 e. The summed E-state index contributed by atoms with van der Waals surface area (Å²) in [6.07, 6.45) is 5.06. The zero-order chi connectivity index (χ0) is 16.5. The van der Waals surface area contributed by atoms with Crippen LogP contribution in [0.3, 0.4) is 0 Å². The molecular formula is C19H20ClN3O. The number of nitrogens with zero attached hydrogens (tertiary/aromatic N) is 2. The van der Waals surface area contributed by atoms with Gasteiger partial charge in [0, 0.05) is 24.0 Å². The molecule has 1 saturated heterocycles. The summed E-state index contributed by atoms with van der Waals surface area (Å²) >= 11 is 6.22. The van der Waals surface area contributed by atoms with Crippen LogP contribution in [-0.2, 0) is 4.79 Å². The molecule has 1 aliphatic heterocycles. The van der Waals surface area contributed by atoms with Gasteiger partial charge in [0.2, 0.25) is 5.91 Å². The molecule has 2 aliphatic rings. The maximum atomic E-state index is 12.4. The number of pyridine rings is 1. The Bertz CT molecular complexity index is 741. The van der Waals surface area contributed by atoms with Gasteiger partial charge in [0.1, 0.15) is 5.82 Å². The third-order valence-corrected chi connectivity index (χ3v) is 5.22. The van der Waals surface area contributed by atoms with Gasteiger partial charge in [-0.1, -0.05) is 29.8 Å². The van der Waals surface area contributed by atoms with Gasteiger partial charge >= 0.3 is 0 Å². The minimum absolute atomic E-state index is 0.00292. The summed E-state index contributed by atoms with van der Waals surface area (Å²) in [7, 11) is 0. The second kappa shape index (κ2) is 6.44. The van der Waals surface area contributed by atoms with Crippen molar-refractivity contribution in [2.45, 2.75) is 25.2 Å². The quantitative estimate of drug-likeness (QED) is 0.911. The first-order valence-corrected chi connectivity index (χ1v) is 8.86. The maximum Gasteiger partial charge on any atom is 0.228 e. The molecule has 2 fully saturated rings. The Hall–Kier alpha value is -2.07. The molecule has 2 unspecified atom stereocenters. The zero-order valence-electron chi connectivity index (χ0n) is 13.4. The van der Waals surface area contributed by atoms with E-state index in [0.29, 0.717) is 0 Å². The van der Waals surface area contributed by atoms with Gasteiger partial charge in [0.05, 0.1) is 11.9 Å². The van der Waals surface area contributed by atoms with Gasteiger partial charge in [-0.3, -0.25) is 4.79 Å². The summed E-state index contributed by atoms with van der Waals surface area (Å²) < 4.78 is 0. The molecule has 1 aromatic heterocycles. The summed E-state index contributed by atoms with van der Waals surface area (Å²) in [6, 6.07) is 11.7. The van der Waals surface area contributed by atoms with Crippen LogP contribution in [0.2, 0.25) is 5.02 Å². The van der Waals surface area contributed by atoms with Crippen molar-refractivity contribution in [3.63, 3.8) is 0 Å². The van der Waals surface area contributed by atoms with Gasteiger partial charge in [0.15, 0.2) is 0 Å². The first-order valence-electron chi connectivity index (χ1n) is 8.48. The van der Waals surface area contributed by atoms with Crippen molar-refractivity contribution in [3.05, 3.63) is 53.2 Å². The molecule has 4 nitrogen and oxygen atoms in total.